The van der Waals surface area contributed by atoms with Crippen molar-refractivity contribution in [2.24, 2.45) is 0 Å². The normalized spacial score (nSPS) is 18.1. The van der Waals surface area contributed by atoms with Gasteiger partial charge in [-0.25, -0.2) is 0 Å². The van der Waals surface area contributed by atoms with Gasteiger partial charge in [0.25, 0.3) is 0 Å². The highest BCUT2D eigenvalue weighted by molar-refractivity contribution is 8.02. The lowest BCUT2D eigenvalue weighted by molar-refractivity contribution is 0.638. The minimum atomic E-state index is 0.566. The van der Waals surface area contributed by atoms with E-state index in [-0.39, 0.29) is 0 Å². The largest absolute Gasteiger partial charge is 0.490 e. The van der Waals surface area contributed by atoms with Crippen LogP contribution < -0.4 is 0 Å². The van der Waals surface area contributed by atoms with Crippen molar-refractivity contribution in [3.63, 3.8) is 0 Å². The van der Waals surface area contributed by atoms with E-state index in [1.54, 1.807) is 18.0 Å². The highest BCUT2D eigenvalue weighted by atomic mass is 32.2. The van der Waals surface area contributed by atoms with E-state index in [4.69, 9.17) is 0 Å². The summed E-state index contributed by atoms with van der Waals surface area (Å²) in [7, 11) is 0.566. The summed E-state index contributed by atoms with van der Waals surface area (Å²) < 4.78 is 11.4. The topological polar surface area (TPSA) is 3.24 Å². The van der Waals surface area contributed by atoms with Gasteiger partial charge in [0.2, 0.25) is 0 Å². The maximum Gasteiger partial charge on any atom is 0.490 e. The quantitative estimate of drug-likeness (QED) is 0.469. The smallest absolute Gasteiger partial charge is 0.385 e. The van der Waals surface area contributed by atoms with Crippen molar-refractivity contribution in [1.82, 2.24) is 4.81 Å². The van der Waals surface area contributed by atoms with Gasteiger partial charge in [-0.2, -0.15) is 0 Å². The molecule has 0 saturated heterocycles. The standard InChI is InChI=1S/C3H4BFNS/c5-4-6-1-2-7-3-6/h1-2H,3H2. The molecule has 0 bridgehead atoms. The Labute approximate surface area is 46.9 Å². The summed E-state index contributed by atoms with van der Waals surface area (Å²) in [5.41, 5.74) is 0. The van der Waals surface area contributed by atoms with Gasteiger partial charge in [-0.15, -0.1) is 11.8 Å². The van der Waals surface area contributed by atoms with Gasteiger partial charge < -0.3 is 9.13 Å². The van der Waals surface area contributed by atoms with Gasteiger partial charge in [-0.1, -0.05) is 0 Å². The molecular formula is C3H4BFNS. The molecule has 1 rings (SSSR count). The van der Waals surface area contributed by atoms with Crippen LogP contribution in [0.25, 0.3) is 0 Å². The summed E-state index contributed by atoms with van der Waals surface area (Å²) >= 11 is 1.58. The monoisotopic (exact) mass is 116 g/mol. The third kappa shape index (κ3) is 1.13. The average molecular weight is 116 g/mol. The predicted molar refractivity (Wildman–Crippen MR) is 30.3 cm³/mol. The second-order valence-corrected chi connectivity index (χ2v) is 2.06. The summed E-state index contributed by atoms with van der Waals surface area (Å²) in [5, 5.41) is 1.86. The maximum absolute atomic E-state index is 11.4. The van der Waals surface area contributed by atoms with Crippen LogP contribution >= 0.6 is 11.8 Å². The Balaban J connectivity index is 2.28. The van der Waals surface area contributed by atoms with Crippen LogP contribution in [0.2, 0.25) is 0 Å². The summed E-state index contributed by atoms with van der Waals surface area (Å²) in [5.74, 6) is 0.719. The Morgan fingerprint density at radius 2 is 2.71 bits per heavy atom. The highest BCUT2D eigenvalue weighted by Gasteiger charge is 2.03. The van der Waals surface area contributed by atoms with Crippen LogP contribution in [0.3, 0.4) is 0 Å². The fourth-order valence-electron chi connectivity index (χ4n) is 0.354. The number of hydrogen-bond acceptors (Lipinski definition) is 2. The molecule has 0 saturated carbocycles. The van der Waals surface area contributed by atoms with Crippen LogP contribution in [0, 0.1) is 0 Å². The van der Waals surface area contributed by atoms with Crippen LogP contribution in [-0.2, 0) is 0 Å². The fraction of sp³-hybridized carbons (Fsp3) is 0.333. The van der Waals surface area contributed by atoms with Crippen molar-refractivity contribution < 1.29 is 4.32 Å². The molecule has 0 aromatic heterocycles. The van der Waals surface area contributed by atoms with Gasteiger partial charge in [-0.3, -0.25) is 0 Å². The molecule has 0 N–H and O–H groups in total. The minimum Gasteiger partial charge on any atom is -0.385 e. The lowest BCUT2D eigenvalue weighted by Crippen LogP contribution is -2.13. The van der Waals surface area contributed by atoms with E-state index in [9.17, 15) is 4.32 Å². The van der Waals surface area contributed by atoms with Crippen molar-refractivity contribution in [3.8, 4) is 0 Å². The third-order valence-electron chi connectivity index (χ3n) is 0.698. The van der Waals surface area contributed by atoms with E-state index in [1.807, 2.05) is 5.41 Å². The highest BCUT2D eigenvalue weighted by Crippen LogP contribution is 2.12. The summed E-state index contributed by atoms with van der Waals surface area (Å²) in [6, 6.07) is 0. The van der Waals surface area contributed by atoms with E-state index < -0.39 is 0 Å². The van der Waals surface area contributed by atoms with Gasteiger partial charge in [0, 0.05) is 0 Å². The number of thioether (sulfide) groups is 1. The molecule has 1 heterocycles. The third-order valence-corrected chi connectivity index (χ3v) is 1.46. The van der Waals surface area contributed by atoms with Crippen LogP contribution in [-0.4, -0.2) is 18.4 Å². The zero-order chi connectivity index (χ0) is 5.11. The second kappa shape index (κ2) is 2.26. The maximum atomic E-state index is 11.4. The summed E-state index contributed by atoms with van der Waals surface area (Å²) in [4.78, 5) is 1.48. The summed E-state index contributed by atoms with van der Waals surface area (Å²) in [6.45, 7) is 0. The first-order valence-corrected chi connectivity index (χ1v) is 2.96. The average Bonchev–Trinajstić information content (AvgIpc) is 2.14. The molecular weight excluding hydrogens is 112 g/mol. The second-order valence-electron chi connectivity index (χ2n) is 1.19. The molecule has 1 radical (unpaired) electrons. The van der Waals surface area contributed by atoms with Gasteiger partial charge in [-0.05, 0) is 11.6 Å². The first-order chi connectivity index (χ1) is 3.43. The summed E-state index contributed by atoms with van der Waals surface area (Å²) in [6.07, 6.45) is 1.70. The fourth-order valence-corrected chi connectivity index (χ4v) is 0.997. The Bertz CT molecular complexity index is 87.0. The molecule has 7 heavy (non-hydrogen) atoms. The Hall–Kier alpha value is -0.115. The number of halogens is 1. The molecule has 1 nitrogen and oxygen atoms in total. The zero-order valence-electron chi connectivity index (χ0n) is 3.67. The Morgan fingerprint density at radius 1 is 1.86 bits per heavy atom. The van der Waals surface area contributed by atoms with Crippen LogP contribution in [0.5, 0.6) is 0 Å². The van der Waals surface area contributed by atoms with E-state index in [0.29, 0.717) is 7.69 Å². The van der Waals surface area contributed by atoms with Crippen molar-refractivity contribution in [3.05, 3.63) is 11.6 Å². The van der Waals surface area contributed by atoms with Gasteiger partial charge in [0.05, 0.1) is 5.88 Å². The SMILES string of the molecule is F[B]N1C=CSC1. The molecule has 37 valence electrons. The molecule has 0 fully saturated rings. The predicted octanol–water partition coefficient (Wildman–Crippen LogP) is 0.968. The number of hydrogen-bond donors (Lipinski definition) is 0. The van der Waals surface area contributed by atoms with E-state index in [0.717, 1.165) is 5.88 Å². The Kier molecular flexibility index (Phi) is 1.62. The lowest BCUT2D eigenvalue weighted by Gasteiger charge is -2.03. The lowest BCUT2D eigenvalue weighted by atomic mass is 10.3. The zero-order valence-corrected chi connectivity index (χ0v) is 4.49. The van der Waals surface area contributed by atoms with Crippen molar-refractivity contribution in [1.29, 1.82) is 0 Å². The van der Waals surface area contributed by atoms with E-state index in [1.165, 1.54) is 4.81 Å². The molecule has 4 heteroatoms. The number of nitrogens with zero attached hydrogens (tertiary/aromatic N) is 1. The van der Waals surface area contributed by atoms with Crippen molar-refractivity contribution in [2.45, 2.75) is 0 Å². The van der Waals surface area contributed by atoms with Crippen LogP contribution in [0.15, 0.2) is 11.6 Å². The molecule has 1 aliphatic rings. The Morgan fingerprint density at radius 3 is 3.00 bits per heavy atom. The number of rotatable bonds is 1. The molecule has 0 spiro atoms. The molecule has 0 atom stereocenters. The molecule has 0 aliphatic carbocycles. The molecule has 1 aliphatic heterocycles. The van der Waals surface area contributed by atoms with Crippen molar-refractivity contribution >= 4 is 19.5 Å². The first kappa shape index (κ1) is 5.03. The van der Waals surface area contributed by atoms with Gasteiger partial charge >= 0.3 is 7.69 Å². The van der Waals surface area contributed by atoms with Crippen LogP contribution in [0.1, 0.15) is 0 Å². The minimum absolute atomic E-state index is 0.566. The molecule has 0 aromatic carbocycles. The van der Waals surface area contributed by atoms with Crippen LogP contribution in [0.4, 0.5) is 4.32 Å². The van der Waals surface area contributed by atoms with E-state index >= 15 is 0 Å². The molecule has 0 amide bonds. The molecule has 0 aromatic rings. The first-order valence-electron chi connectivity index (χ1n) is 1.91. The van der Waals surface area contributed by atoms with Gasteiger partial charge in [0.1, 0.15) is 0 Å². The van der Waals surface area contributed by atoms with E-state index in [2.05, 4.69) is 0 Å². The van der Waals surface area contributed by atoms with Gasteiger partial charge in [0.15, 0.2) is 0 Å². The van der Waals surface area contributed by atoms with Crippen molar-refractivity contribution in [2.75, 3.05) is 5.88 Å². The molecule has 0 unspecified atom stereocenters.